The molecule has 0 amide bonds. The quantitative estimate of drug-likeness (QED) is 0.0261. The van der Waals surface area contributed by atoms with Crippen molar-refractivity contribution in [3.05, 3.63) is 134 Å². The molecule has 0 aromatic rings. The van der Waals surface area contributed by atoms with Crippen molar-refractivity contribution in [1.82, 2.24) is 0 Å². The molecule has 0 fully saturated rings. The van der Waals surface area contributed by atoms with Crippen LogP contribution in [0, 0.1) is 0 Å². The van der Waals surface area contributed by atoms with E-state index in [4.69, 9.17) is 14.2 Å². The van der Waals surface area contributed by atoms with Crippen molar-refractivity contribution in [2.24, 2.45) is 0 Å². The van der Waals surface area contributed by atoms with Crippen LogP contribution in [0.3, 0.4) is 0 Å². The van der Waals surface area contributed by atoms with Crippen LogP contribution in [0.25, 0.3) is 0 Å². The van der Waals surface area contributed by atoms with Crippen molar-refractivity contribution in [2.45, 2.75) is 284 Å². The maximum absolute atomic E-state index is 12.9. The van der Waals surface area contributed by atoms with Crippen LogP contribution in [0.15, 0.2) is 134 Å². The minimum Gasteiger partial charge on any atom is -0.462 e. The summed E-state index contributed by atoms with van der Waals surface area (Å²) in [6, 6.07) is 0. The highest BCUT2D eigenvalue weighted by Crippen LogP contribution is 2.15. The van der Waals surface area contributed by atoms with Crippen LogP contribution >= 0.6 is 0 Å². The SMILES string of the molecule is CC/C=C\C/C=C\C/C=C\C/C=C\C/C=C\CCCCCCCCCC(=O)OCC(COC(=O)CCCCCC/C=C\C/C=C\C/C=C\C/C=C\CC)OC(=O)CCCCCCCCCCC/C=C\C/C=C\CCCCC. The van der Waals surface area contributed by atoms with Gasteiger partial charge in [-0.05, 0) is 135 Å². The monoisotopic (exact) mass is 1060 g/mol. The Balaban J connectivity index is 4.46. The van der Waals surface area contributed by atoms with E-state index in [2.05, 4.69) is 154 Å². The topological polar surface area (TPSA) is 78.9 Å². The zero-order valence-electron chi connectivity index (χ0n) is 49.9. The number of ether oxygens (including phenoxy) is 3. The number of carbonyl (C=O) groups is 3. The van der Waals surface area contributed by atoms with Crippen LogP contribution < -0.4 is 0 Å². The molecule has 0 radical (unpaired) electrons. The van der Waals surface area contributed by atoms with Gasteiger partial charge in [-0.25, -0.2) is 0 Å². The fourth-order valence-electron chi connectivity index (χ4n) is 8.43. The first-order valence-electron chi connectivity index (χ1n) is 31.7. The van der Waals surface area contributed by atoms with E-state index in [1.807, 2.05) is 0 Å². The predicted octanol–water partition coefficient (Wildman–Crippen LogP) is 21.8. The maximum atomic E-state index is 12.9. The summed E-state index contributed by atoms with van der Waals surface area (Å²) in [5, 5.41) is 0. The number of carbonyl (C=O) groups excluding carboxylic acids is 3. The molecule has 0 aliphatic rings. The fourth-order valence-corrected chi connectivity index (χ4v) is 8.43. The van der Waals surface area contributed by atoms with Crippen LogP contribution in [0.1, 0.15) is 278 Å². The van der Waals surface area contributed by atoms with Gasteiger partial charge in [-0.15, -0.1) is 0 Å². The first-order chi connectivity index (χ1) is 38.0. The maximum Gasteiger partial charge on any atom is 0.306 e. The first kappa shape index (κ1) is 72.5. The summed E-state index contributed by atoms with van der Waals surface area (Å²) >= 11 is 0. The van der Waals surface area contributed by atoms with E-state index in [0.29, 0.717) is 19.3 Å². The van der Waals surface area contributed by atoms with Crippen molar-refractivity contribution in [3.63, 3.8) is 0 Å². The van der Waals surface area contributed by atoms with E-state index in [1.54, 1.807) is 0 Å². The number of rotatable bonds is 56. The Morgan fingerprint density at radius 2 is 0.506 bits per heavy atom. The summed E-state index contributed by atoms with van der Waals surface area (Å²) in [4.78, 5) is 38.4. The predicted molar refractivity (Wildman–Crippen MR) is 334 cm³/mol. The van der Waals surface area contributed by atoms with Gasteiger partial charge < -0.3 is 14.2 Å². The van der Waals surface area contributed by atoms with Crippen LogP contribution in [-0.2, 0) is 28.6 Å². The van der Waals surface area contributed by atoms with Gasteiger partial charge in [-0.3, -0.25) is 14.4 Å². The standard InChI is InChI=1S/C71H116O6/c1-4-7-10-13-16-19-22-25-28-31-33-34-35-36-38-40-43-46-49-52-55-58-61-64-70(73)76-67-68(66-75-69(72)63-60-57-54-51-48-45-42-39-30-27-24-21-18-15-12-9-6-3)77-71(74)65-62-59-56-53-50-47-44-41-37-32-29-26-23-20-17-14-11-8-5-2/h7,9-10,12,16-21,25-30,33-34,36,38,42,45,68H,4-6,8,11,13-15,22-24,31-32,35,37,39-41,43-44,46-67H2,1-3H3/b10-7-,12-9-,19-16-,20-17-,21-18-,28-25-,29-26-,30-27-,34-33-,38-36-,45-42-. The summed E-state index contributed by atoms with van der Waals surface area (Å²) in [5.41, 5.74) is 0. The molecule has 0 saturated heterocycles. The van der Waals surface area contributed by atoms with E-state index >= 15 is 0 Å². The number of hydrogen-bond acceptors (Lipinski definition) is 6. The van der Waals surface area contributed by atoms with Crippen molar-refractivity contribution < 1.29 is 28.6 Å². The van der Waals surface area contributed by atoms with Crippen LogP contribution in [-0.4, -0.2) is 37.2 Å². The highest BCUT2D eigenvalue weighted by molar-refractivity contribution is 5.71. The summed E-state index contributed by atoms with van der Waals surface area (Å²) in [5.74, 6) is -0.933. The van der Waals surface area contributed by atoms with E-state index < -0.39 is 6.10 Å². The third-order valence-electron chi connectivity index (χ3n) is 13.1. The Morgan fingerprint density at radius 1 is 0.273 bits per heavy atom. The molecule has 77 heavy (non-hydrogen) atoms. The van der Waals surface area contributed by atoms with Crippen LogP contribution in [0.5, 0.6) is 0 Å². The Hall–Kier alpha value is -4.45. The second-order valence-corrected chi connectivity index (χ2v) is 20.5. The molecule has 1 unspecified atom stereocenters. The molecule has 0 aromatic heterocycles. The average molecular weight is 1070 g/mol. The van der Waals surface area contributed by atoms with E-state index in [1.165, 1.54) is 96.3 Å². The molecule has 436 valence electrons. The molecule has 0 rings (SSSR count). The van der Waals surface area contributed by atoms with Crippen molar-refractivity contribution in [1.29, 1.82) is 0 Å². The molecule has 1 atom stereocenters. The molecule has 0 aliphatic heterocycles. The van der Waals surface area contributed by atoms with Gasteiger partial charge >= 0.3 is 17.9 Å². The van der Waals surface area contributed by atoms with E-state index in [9.17, 15) is 14.4 Å². The largest absolute Gasteiger partial charge is 0.462 e. The number of allylic oxidation sites excluding steroid dienone is 22. The highest BCUT2D eigenvalue weighted by Gasteiger charge is 2.19. The second kappa shape index (κ2) is 64.1. The third kappa shape index (κ3) is 62.3. The lowest BCUT2D eigenvalue weighted by Crippen LogP contribution is -2.30. The van der Waals surface area contributed by atoms with E-state index in [-0.39, 0.29) is 31.1 Å². The summed E-state index contributed by atoms with van der Waals surface area (Å²) in [6.45, 7) is 6.37. The molecule has 6 nitrogen and oxygen atoms in total. The van der Waals surface area contributed by atoms with Crippen LogP contribution in [0.4, 0.5) is 0 Å². The molecule has 0 spiro atoms. The molecule has 0 saturated carbocycles. The normalized spacial score (nSPS) is 13.0. The molecule has 0 bridgehead atoms. The average Bonchev–Trinajstić information content (AvgIpc) is 3.43. The zero-order chi connectivity index (χ0) is 55.7. The Bertz CT molecular complexity index is 1650. The molecule has 0 N–H and O–H groups in total. The minimum absolute atomic E-state index is 0.0974. The van der Waals surface area contributed by atoms with Gasteiger partial charge in [-0.2, -0.15) is 0 Å². The lowest BCUT2D eigenvalue weighted by atomic mass is 10.1. The molecule has 6 heteroatoms. The highest BCUT2D eigenvalue weighted by atomic mass is 16.6. The number of esters is 3. The molecular formula is C71H116O6. The zero-order valence-corrected chi connectivity index (χ0v) is 49.9. The lowest BCUT2D eigenvalue weighted by Gasteiger charge is -2.18. The van der Waals surface area contributed by atoms with Gasteiger partial charge in [0.25, 0.3) is 0 Å². The van der Waals surface area contributed by atoms with Gasteiger partial charge in [0, 0.05) is 19.3 Å². The van der Waals surface area contributed by atoms with Gasteiger partial charge in [-0.1, -0.05) is 257 Å². The summed E-state index contributed by atoms with van der Waals surface area (Å²) in [7, 11) is 0. The smallest absolute Gasteiger partial charge is 0.306 e. The van der Waals surface area contributed by atoms with Gasteiger partial charge in [0.1, 0.15) is 13.2 Å². The number of hydrogen-bond donors (Lipinski definition) is 0. The van der Waals surface area contributed by atoms with Crippen LogP contribution in [0.2, 0.25) is 0 Å². The molecule has 0 heterocycles. The summed E-state index contributed by atoms with van der Waals surface area (Å²) < 4.78 is 16.9. The fraction of sp³-hybridized carbons (Fsp3) is 0.648. The molecule has 0 aliphatic carbocycles. The number of unbranched alkanes of at least 4 members (excludes halogenated alkanes) is 23. The van der Waals surface area contributed by atoms with Gasteiger partial charge in [0.2, 0.25) is 0 Å². The van der Waals surface area contributed by atoms with Gasteiger partial charge in [0.05, 0.1) is 0 Å². The first-order valence-corrected chi connectivity index (χ1v) is 31.7. The molecule has 0 aromatic carbocycles. The third-order valence-corrected chi connectivity index (χ3v) is 13.1. The molecular weight excluding hydrogens is 949 g/mol. The summed E-state index contributed by atoms with van der Waals surface area (Å²) in [6.07, 6.45) is 90.1. The van der Waals surface area contributed by atoms with Crippen molar-refractivity contribution in [3.8, 4) is 0 Å². The Kier molecular flexibility index (Phi) is 60.4. The second-order valence-electron chi connectivity index (χ2n) is 20.5. The van der Waals surface area contributed by atoms with E-state index in [0.717, 1.165) is 141 Å². The van der Waals surface area contributed by atoms with Crippen molar-refractivity contribution >= 4 is 17.9 Å². The Morgan fingerprint density at radius 3 is 0.792 bits per heavy atom. The minimum atomic E-state index is -0.802. The Labute approximate surface area is 475 Å². The van der Waals surface area contributed by atoms with Crippen molar-refractivity contribution in [2.75, 3.05) is 13.2 Å². The van der Waals surface area contributed by atoms with Gasteiger partial charge in [0.15, 0.2) is 6.10 Å². The lowest BCUT2D eigenvalue weighted by molar-refractivity contribution is -0.167.